The average Bonchev–Trinajstić information content (AvgIpc) is 2.84. The Kier molecular flexibility index (Phi) is 8.15. The molecule has 0 unspecified atom stereocenters. The van der Waals surface area contributed by atoms with Gasteiger partial charge in [0.15, 0.2) is 0 Å². The van der Waals surface area contributed by atoms with E-state index in [-0.39, 0.29) is 18.4 Å². The van der Waals surface area contributed by atoms with E-state index in [1.807, 2.05) is 42.5 Å². The zero-order valence-corrected chi connectivity index (χ0v) is 17.9. The lowest BCUT2D eigenvalue weighted by Crippen LogP contribution is -2.44. The third-order valence-corrected chi connectivity index (χ3v) is 4.86. The minimum absolute atomic E-state index is 0.0160. The molecule has 3 aromatic carbocycles. The van der Waals surface area contributed by atoms with Crippen LogP contribution in [0, 0.1) is 0 Å². The molecule has 32 heavy (non-hydrogen) atoms. The molecule has 0 aliphatic heterocycles. The van der Waals surface area contributed by atoms with Crippen molar-refractivity contribution in [2.45, 2.75) is 25.4 Å². The highest BCUT2D eigenvalue weighted by Gasteiger charge is 2.21. The minimum Gasteiger partial charge on any atom is -0.462 e. The van der Waals surface area contributed by atoms with Gasteiger partial charge >= 0.3 is 5.97 Å². The zero-order chi connectivity index (χ0) is 22.8. The lowest BCUT2D eigenvalue weighted by Gasteiger charge is -2.21. The highest BCUT2D eigenvalue weighted by atomic mass is 16.5. The summed E-state index contributed by atoms with van der Waals surface area (Å²) >= 11 is 0. The number of amides is 2. The summed E-state index contributed by atoms with van der Waals surface area (Å²) in [5.41, 5.74) is 2.00. The van der Waals surface area contributed by atoms with Gasteiger partial charge in [-0.05, 0) is 43.2 Å². The van der Waals surface area contributed by atoms with Gasteiger partial charge in [0.05, 0.1) is 6.04 Å². The summed E-state index contributed by atoms with van der Waals surface area (Å²) in [7, 11) is 0. The van der Waals surface area contributed by atoms with E-state index in [0.29, 0.717) is 17.5 Å². The first-order valence-electron chi connectivity index (χ1n) is 10.5. The van der Waals surface area contributed by atoms with Crippen LogP contribution < -0.4 is 10.6 Å². The second kappa shape index (κ2) is 11.5. The molecular formula is C26H26N2O4. The van der Waals surface area contributed by atoms with Gasteiger partial charge in [0.1, 0.15) is 12.6 Å². The van der Waals surface area contributed by atoms with Crippen LogP contribution in [0.3, 0.4) is 0 Å². The maximum absolute atomic E-state index is 12.6. The average molecular weight is 431 g/mol. The fourth-order valence-electron chi connectivity index (χ4n) is 3.14. The number of rotatable bonds is 9. The van der Waals surface area contributed by atoms with Crippen LogP contribution >= 0.6 is 0 Å². The molecular weight excluding hydrogens is 404 g/mol. The van der Waals surface area contributed by atoms with E-state index in [9.17, 15) is 14.4 Å². The van der Waals surface area contributed by atoms with E-state index in [4.69, 9.17) is 4.74 Å². The van der Waals surface area contributed by atoms with E-state index >= 15 is 0 Å². The van der Waals surface area contributed by atoms with E-state index in [0.717, 1.165) is 5.56 Å². The molecule has 0 bridgehead atoms. The largest absolute Gasteiger partial charge is 0.462 e. The van der Waals surface area contributed by atoms with Gasteiger partial charge in [-0.2, -0.15) is 0 Å². The van der Waals surface area contributed by atoms with Gasteiger partial charge in [0.2, 0.25) is 0 Å². The molecule has 6 heteroatoms. The number of esters is 1. The third-order valence-electron chi connectivity index (χ3n) is 4.86. The summed E-state index contributed by atoms with van der Waals surface area (Å²) in [5, 5.41) is 5.57. The van der Waals surface area contributed by atoms with Crippen molar-refractivity contribution in [3.05, 3.63) is 108 Å². The molecule has 0 spiro atoms. The first kappa shape index (κ1) is 22.7. The Morgan fingerprint density at radius 1 is 0.719 bits per heavy atom. The molecule has 0 aliphatic carbocycles. The minimum atomic E-state index is -0.829. The molecule has 3 rings (SSSR count). The molecule has 0 saturated heterocycles. The Morgan fingerprint density at radius 2 is 1.19 bits per heavy atom. The number of benzene rings is 3. The molecule has 0 fully saturated rings. The van der Waals surface area contributed by atoms with Crippen LogP contribution in [0.15, 0.2) is 91.0 Å². The summed E-state index contributed by atoms with van der Waals surface area (Å²) < 4.78 is 5.44. The van der Waals surface area contributed by atoms with Crippen molar-refractivity contribution in [2.75, 3.05) is 6.61 Å². The fourth-order valence-corrected chi connectivity index (χ4v) is 3.14. The summed E-state index contributed by atoms with van der Waals surface area (Å²) in [6.07, 6.45) is 0.497. The van der Waals surface area contributed by atoms with Gasteiger partial charge in [0.25, 0.3) is 11.8 Å². The quantitative estimate of drug-likeness (QED) is 0.510. The van der Waals surface area contributed by atoms with Crippen molar-refractivity contribution in [2.24, 2.45) is 0 Å². The Labute approximate surface area is 187 Å². The fraction of sp³-hybridized carbons (Fsp3) is 0.192. The van der Waals surface area contributed by atoms with Gasteiger partial charge in [-0.15, -0.1) is 0 Å². The molecule has 2 atom stereocenters. The highest BCUT2D eigenvalue weighted by Crippen LogP contribution is 2.07. The molecule has 3 aromatic rings. The van der Waals surface area contributed by atoms with Crippen LogP contribution in [0.4, 0.5) is 0 Å². The van der Waals surface area contributed by atoms with Crippen LogP contribution in [-0.2, 0) is 16.0 Å². The first-order valence-corrected chi connectivity index (χ1v) is 10.5. The number of hydrogen-bond acceptors (Lipinski definition) is 4. The van der Waals surface area contributed by atoms with Crippen LogP contribution in [0.2, 0.25) is 0 Å². The van der Waals surface area contributed by atoms with Gasteiger partial charge in [-0.3, -0.25) is 9.59 Å². The van der Waals surface area contributed by atoms with Gasteiger partial charge in [-0.25, -0.2) is 4.79 Å². The van der Waals surface area contributed by atoms with Crippen molar-refractivity contribution in [3.8, 4) is 0 Å². The van der Waals surface area contributed by atoms with Crippen LogP contribution in [0.5, 0.6) is 0 Å². The maximum atomic E-state index is 12.6. The second-order valence-corrected chi connectivity index (χ2v) is 7.42. The van der Waals surface area contributed by atoms with Crippen molar-refractivity contribution in [1.82, 2.24) is 10.6 Å². The van der Waals surface area contributed by atoms with E-state index in [1.165, 1.54) is 0 Å². The molecule has 0 aliphatic rings. The SMILES string of the molecule is C[C@H](NC(=O)c1ccccc1)C(=O)OC[C@H](Cc1ccccc1)NC(=O)c1ccccc1. The molecule has 0 radical (unpaired) electrons. The van der Waals surface area contributed by atoms with Crippen LogP contribution in [0.1, 0.15) is 33.2 Å². The van der Waals surface area contributed by atoms with Crippen molar-refractivity contribution in [1.29, 1.82) is 0 Å². The van der Waals surface area contributed by atoms with Crippen molar-refractivity contribution in [3.63, 3.8) is 0 Å². The van der Waals surface area contributed by atoms with Crippen LogP contribution in [-0.4, -0.2) is 36.5 Å². The smallest absolute Gasteiger partial charge is 0.328 e. The van der Waals surface area contributed by atoms with E-state index < -0.39 is 18.1 Å². The van der Waals surface area contributed by atoms with Crippen molar-refractivity contribution < 1.29 is 19.1 Å². The van der Waals surface area contributed by atoms with Crippen LogP contribution in [0.25, 0.3) is 0 Å². The standard InChI is InChI=1S/C26H26N2O4/c1-19(27-24(29)21-13-7-3-8-14-21)26(31)32-18-23(17-20-11-5-2-6-12-20)28-25(30)22-15-9-4-10-16-22/h2-16,19,23H,17-18H2,1H3,(H,27,29)(H,28,30)/t19-,23-/m0/s1. The number of ether oxygens (including phenoxy) is 1. The molecule has 2 amide bonds. The number of hydrogen-bond donors (Lipinski definition) is 2. The summed E-state index contributed by atoms with van der Waals surface area (Å²) in [6, 6.07) is 25.9. The van der Waals surface area contributed by atoms with Gasteiger partial charge in [0, 0.05) is 11.1 Å². The highest BCUT2D eigenvalue weighted by molar-refractivity contribution is 5.96. The predicted octanol–water partition coefficient (Wildman–Crippen LogP) is 3.39. The molecule has 6 nitrogen and oxygen atoms in total. The normalized spacial score (nSPS) is 12.3. The number of carbonyl (C=O) groups excluding carboxylic acids is 3. The Bertz CT molecular complexity index is 1020. The number of nitrogens with one attached hydrogen (secondary N) is 2. The Hall–Kier alpha value is -3.93. The number of carbonyl (C=O) groups is 3. The first-order chi connectivity index (χ1) is 15.5. The predicted molar refractivity (Wildman–Crippen MR) is 122 cm³/mol. The monoisotopic (exact) mass is 430 g/mol. The lowest BCUT2D eigenvalue weighted by molar-refractivity contribution is -0.146. The van der Waals surface area contributed by atoms with Gasteiger partial charge < -0.3 is 15.4 Å². The molecule has 0 aromatic heterocycles. The second-order valence-electron chi connectivity index (χ2n) is 7.42. The summed E-state index contributed by atoms with van der Waals surface area (Å²) in [6.45, 7) is 1.55. The van der Waals surface area contributed by atoms with E-state index in [2.05, 4.69) is 10.6 Å². The molecule has 0 heterocycles. The maximum Gasteiger partial charge on any atom is 0.328 e. The van der Waals surface area contributed by atoms with Gasteiger partial charge in [-0.1, -0.05) is 66.7 Å². The zero-order valence-electron chi connectivity index (χ0n) is 17.9. The third kappa shape index (κ3) is 6.80. The Balaban J connectivity index is 1.60. The summed E-state index contributed by atoms with van der Waals surface area (Å²) in [4.78, 5) is 37.4. The molecule has 164 valence electrons. The van der Waals surface area contributed by atoms with E-state index in [1.54, 1.807) is 55.5 Å². The van der Waals surface area contributed by atoms with Crippen molar-refractivity contribution >= 4 is 17.8 Å². The summed E-state index contributed by atoms with van der Waals surface area (Å²) in [5.74, 6) is -1.16. The molecule has 0 saturated carbocycles. The lowest BCUT2D eigenvalue weighted by atomic mass is 10.1. The Morgan fingerprint density at radius 3 is 1.72 bits per heavy atom. The molecule has 2 N–H and O–H groups in total. The topological polar surface area (TPSA) is 84.5 Å².